The van der Waals surface area contributed by atoms with Gasteiger partial charge in [-0.3, -0.25) is 0 Å². The Morgan fingerprint density at radius 1 is 1.47 bits per heavy atom. The molecule has 0 atom stereocenters. The molecule has 1 saturated heterocycles. The number of imidazole rings is 1. The van der Waals surface area contributed by atoms with Crippen LogP contribution in [0.2, 0.25) is 0 Å². The lowest BCUT2D eigenvalue weighted by Crippen LogP contribution is -2.18. The molecule has 0 saturated carbocycles. The van der Waals surface area contributed by atoms with Crippen LogP contribution in [-0.4, -0.2) is 36.4 Å². The summed E-state index contributed by atoms with van der Waals surface area (Å²) in [4.78, 5) is 4.62. The first kappa shape index (κ1) is 13.1. The van der Waals surface area contributed by atoms with Gasteiger partial charge in [0.05, 0.1) is 5.69 Å². The van der Waals surface area contributed by atoms with E-state index in [1.807, 2.05) is 7.05 Å². The van der Waals surface area contributed by atoms with Crippen molar-refractivity contribution in [2.24, 2.45) is 7.05 Å². The van der Waals surface area contributed by atoms with E-state index in [0.717, 1.165) is 49.4 Å². The summed E-state index contributed by atoms with van der Waals surface area (Å²) in [6.45, 7) is 2.70. The van der Waals surface area contributed by atoms with E-state index in [1.165, 1.54) is 5.69 Å². The van der Waals surface area contributed by atoms with Crippen LogP contribution < -0.4 is 5.32 Å². The standard InChI is InChI=1S/C12H20BrN3O/c1-14-6-3-10-15-12(13)11(16(10)2)9-4-7-17-8-5-9/h9,14H,3-8H2,1-2H3. The fourth-order valence-corrected chi connectivity index (χ4v) is 3.19. The molecule has 1 aromatic rings. The van der Waals surface area contributed by atoms with Crippen LogP contribution in [-0.2, 0) is 18.2 Å². The van der Waals surface area contributed by atoms with Gasteiger partial charge in [-0.05, 0) is 35.8 Å². The Kier molecular flexibility index (Phi) is 4.59. The van der Waals surface area contributed by atoms with Gasteiger partial charge in [0.1, 0.15) is 10.4 Å². The predicted molar refractivity (Wildman–Crippen MR) is 71.3 cm³/mol. The van der Waals surface area contributed by atoms with E-state index in [9.17, 15) is 0 Å². The minimum Gasteiger partial charge on any atom is -0.381 e. The number of hydrogen-bond acceptors (Lipinski definition) is 3. The van der Waals surface area contributed by atoms with Crippen LogP contribution in [0.15, 0.2) is 4.60 Å². The number of halogens is 1. The molecule has 0 amide bonds. The van der Waals surface area contributed by atoms with Crippen LogP contribution in [0.1, 0.15) is 30.3 Å². The summed E-state index contributed by atoms with van der Waals surface area (Å²) in [5, 5.41) is 3.16. The highest BCUT2D eigenvalue weighted by molar-refractivity contribution is 9.10. The second-order valence-corrected chi connectivity index (χ2v) is 5.25. The molecule has 1 N–H and O–H groups in total. The van der Waals surface area contributed by atoms with Gasteiger partial charge in [-0.25, -0.2) is 4.98 Å². The van der Waals surface area contributed by atoms with E-state index < -0.39 is 0 Å². The summed E-state index contributed by atoms with van der Waals surface area (Å²) in [6, 6.07) is 0. The van der Waals surface area contributed by atoms with E-state index in [2.05, 4.69) is 37.8 Å². The highest BCUT2D eigenvalue weighted by Crippen LogP contribution is 2.32. The van der Waals surface area contributed by atoms with Crippen LogP contribution in [0.4, 0.5) is 0 Å². The lowest BCUT2D eigenvalue weighted by molar-refractivity contribution is 0.0837. The molecule has 0 unspecified atom stereocenters. The third-order valence-corrected chi connectivity index (χ3v) is 3.98. The van der Waals surface area contributed by atoms with Crippen molar-refractivity contribution in [3.63, 3.8) is 0 Å². The van der Waals surface area contributed by atoms with Gasteiger partial charge < -0.3 is 14.6 Å². The maximum Gasteiger partial charge on any atom is 0.127 e. The van der Waals surface area contributed by atoms with Gasteiger partial charge in [-0.2, -0.15) is 0 Å². The molecule has 2 rings (SSSR count). The summed E-state index contributed by atoms with van der Waals surface area (Å²) in [5.41, 5.74) is 1.33. The third-order valence-electron chi connectivity index (χ3n) is 3.39. The number of likely N-dealkylation sites (N-methyl/N-ethyl adjacent to an activating group) is 1. The number of hydrogen-bond donors (Lipinski definition) is 1. The first-order chi connectivity index (χ1) is 8.24. The first-order valence-corrected chi connectivity index (χ1v) is 6.96. The molecule has 5 heteroatoms. The van der Waals surface area contributed by atoms with Crippen LogP contribution in [0.5, 0.6) is 0 Å². The zero-order valence-corrected chi connectivity index (χ0v) is 12.1. The average Bonchev–Trinajstić information content (AvgIpc) is 2.63. The molecule has 1 aliphatic heterocycles. The molecule has 0 aliphatic carbocycles. The van der Waals surface area contributed by atoms with Crippen molar-refractivity contribution >= 4 is 15.9 Å². The molecule has 1 aromatic heterocycles. The molecular weight excluding hydrogens is 282 g/mol. The molecule has 96 valence electrons. The normalized spacial score (nSPS) is 17.6. The van der Waals surface area contributed by atoms with Crippen molar-refractivity contribution in [3.8, 4) is 0 Å². The maximum absolute atomic E-state index is 5.42. The SMILES string of the molecule is CNCCc1nc(Br)c(C2CCOCC2)n1C. The molecule has 0 aromatic carbocycles. The largest absolute Gasteiger partial charge is 0.381 e. The highest BCUT2D eigenvalue weighted by Gasteiger charge is 2.23. The summed E-state index contributed by atoms with van der Waals surface area (Å²) in [5.74, 6) is 1.73. The fourth-order valence-electron chi connectivity index (χ4n) is 2.40. The lowest BCUT2D eigenvalue weighted by atomic mass is 9.97. The Labute approximate surface area is 111 Å². The topological polar surface area (TPSA) is 39.1 Å². The molecule has 0 radical (unpaired) electrons. The molecule has 0 bridgehead atoms. The Balaban J connectivity index is 2.17. The lowest BCUT2D eigenvalue weighted by Gasteiger charge is -2.23. The Hall–Kier alpha value is -0.390. The van der Waals surface area contributed by atoms with E-state index >= 15 is 0 Å². The van der Waals surface area contributed by atoms with Crippen molar-refractivity contribution < 1.29 is 4.74 Å². The average molecular weight is 302 g/mol. The zero-order valence-electron chi connectivity index (χ0n) is 10.5. The number of aromatic nitrogens is 2. The number of ether oxygens (including phenoxy) is 1. The van der Waals surface area contributed by atoms with Crippen LogP contribution in [0.3, 0.4) is 0 Å². The number of nitrogens with zero attached hydrogens (tertiary/aromatic N) is 2. The van der Waals surface area contributed by atoms with Crippen molar-refractivity contribution in [2.75, 3.05) is 26.8 Å². The van der Waals surface area contributed by atoms with Crippen molar-refractivity contribution in [1.82, 2.24) is 14.9 Å². The van der Waals surface area contributed by atoms with E-state index in [0.29, 0.717) is 5.92 Å². The third kappa shape index (κ3) is 2.89. The summed E-state index contributed by atoms with van der Waals surface area (Å²) in [7, 11) is 4.09. The quantitative estimate of drug-likeness (QED) is 0.922. The molecule has 2 heterocycles. The van der Waals surface area contributed by atoms with Gasteiger partial charge in [0.25, 0.3) is 0 Å². The van der Waals surface area contributed by atoms with Crippen molar-refractivity contribution in [1.29, 1.82) is 0 Å². The molecular formula is C12H20BrN3O. The van der Waals surface area contributed by atoms with Crippen molar-refractivity contribution in [3.05, 3.63) is 16.1 Å². The molecule has 1 aliphatic rings. The molecule has 17 heavy (non-hydrogen) atoms. The minimum absolute atomic E-state index is 0.582. The van der Waals surface area contributed by atoms with Gasteiger partial charge >= 0.3 is 0 Å². The first-order valence-electron chi connectivity index (χ1n) is 6.17. The fraction of sp³-hybridized carbons (Fsp3) is 0.750. The Morgan fingerprint density at radius 2 is 2.18 bits per heavy atom. The Morgan fingerprint density at radius 3 is 2.82 bits per heavy atom. The van der Waals surface area contributed by atoms with E-state index in [-0.39, 0.29) is 0 Å². The van der Waals surface area contributed by atoms with Gasteiger partial charge in [-0.15, -0.1) is 0 Å². The van der Waals surface area contributed by atoms with Gasteiger partial charge in [-0.1, -0.05) is 0 Å². The van der Waals surface area contributed by atoms with Gasteiger partial charge in [0.15, 0.2) is 0 Å². The molecule has 1 fully saturated rings. The summed E-state index contributed by atoms with van der Waals surface area (Å²) in [6.07, 6.45) is 3.17. The van der Waals surface area contributed by atoms with Crippen LogP contribution in [0.25, 0.3) is 0 Å². The van der Waals surface area contributed by atoms with Crippen LogP contribution in [0, 0.1) is 0 Å². The van der Waals surface area contributed by atoms with E-state index in [4.69, 9.17) is 4.74 Å². The minimum atomic E-state index is 0.582. The van der Waals surface area contributed by atoms with Crippen LogP contribution >= 0.6 is 15.9 Å². The molecule has 4 nitrogen and oxygen atoms in total. The Bertz CT molecular complexity index is 372. The zero-order chi connectivity index (χ0) is 12.3. The second-order valence-electron chi connectivity index (χ2n) is 4.50. The van der Waals surface area contributed by atoms with E-state index in [1.54, 1.807) is 0 Å². The second kappa shape index (κ2) is 5.98. The van der Waals surface area contributed by atoms with Gasteiger partial charge in [0.2, 0.25) is 0 Å². The summed E-state index contributed by atoms with van der Waals surface area (Å²) >= 11 is 3.60. The number of rotatable bonds is 4. The monoisotopic (exact) mass is 301 g/mol. The maximum atomic E-state index is 5.42. The molecule has 0 spiro atoms. The van der Waals surface area contributed by atoms with Gasteiger partial charge in [0, 0.05) is 39.1 Å². The summed E-state index contributed by atoms with van der Waals surface area (Å²) < 4.78 is 8.68. The van der Waals surface area contributed by atoms with Crippen molar-refractivity contribution in [2.45, 2.75) is 25.2 Å². The highest BCUT2D eigenvalue weighted by atomic mass is 79.9. The smallest absolute Gasteiger partial charge is 0.127 e. The predicted octanol–water partition coefficient (Wildman–Crippen LogP) is 1.84. The number of nitrogens with one attached hydrogen (secondary N) is 1.